The average molecular weight is 509 g/mol. The summed E-state index contributed by atoms with van der Waals surface area (Å²) in [7, 11) is 0. The molecule has 0 spiro atoms. The molecule has 0 aliphatic heterocycles. The lowest BCUT2D eigenvalue weighted by molar-refractivity contribution is 0.372. The monoisotopic (exact) mass is 509 g/mol. The Morgan fingerprint density at radius 1 is 1.17 bits per heavy atom. The molecule has 29 heavy (non-hydrogen) atoms. The van der Waals surface area contributed by atoms with Crippen molar-refractivity contribution in [1.82, 2.24) is 20.8 Å². The fourth-order valence-corrected chi connectivity index (χ4v) is 3.46. The molecule has 3 N–H and O–H groups in total. The predicted octanol–water partition coefficient (Wildman–Crippen LogP) is 4.98. The Bertz CT molecular complexity index is 897. The topological polar surface area (TPSA) is 78.2 Å². The SMILES string of the molecule is CCNC(=NCc1cc(C(CC)CC)no1)NCCc1c[nH]c2ccccc12.I. The van der Waals surface area contributed by atoms with Crippen molar-refractivity contribution in [3.63, 3.8) is 0 Å². The number of rotatable bonds is 9. The molecule has 0 radical (unpaired) electrons. The van der Waals surface area contributed by atoms with Gasteiger partial charge in [0.2, 0.25) is 0 Å². The number of hydrogen-bond donors (Lipinski definition) is 3. The van der Waals surface area contributed by atoms with Crippen LogP contribution in [-0.4, -0.2) is 29.2 Å². The van der Waals surface area contributed by atoms with Gasteiger partial charge in [0.1, 0.15) is 6.54 Å². The highest BCUT2D eigenvalue weighted by atomic mass is 127. The number of aromatic nitrogens is 2. The Labute approximate surface area is 189 Å². The number of hydrogen-bond acceptors (Lipinski definition) is 3. The fraction of sp³-hybridized carbons (Fsp3) is 0.455. The molecule has 3 aromatic rings. The molecule has 0 fully saturated rings. The van der Waals surface area contributed by atoms with Gasteiger partial charge in [-0.25, -0.2) is 4.99 Å². The van der Waals surface area contributed by atoms with Gasteiger partial charge in [0.15, 0.2) is 11.7 Å². The van der Waals surface area contributed by atoms with Gasteiger partial charge in [-0.1, -0.05) is 37.2 Å². The van der Waals surface area contributed by atoms with E-state index in [-0.39, 0.29) is 24.0 Å². The van der Waals surface area contributed by atoms with Crippen molar-refractivity contribution in [3.8, 4) is 0 Å². The van der Waals surface area contributed by atoms with E-state index < -0.39 is 0 Å². The molecule has 158 valence electrons. The number of nitrogens with one attached hydrogen (secondary N) is 3. The fourth-order valence-electron chi connectivity index (χ4n) is 3.46. The smallest absolute Gasteiger partial charge is 0.191 e. The van der Waals surface area contributed by atoms with Crippen molar-refractivity contribution in [2.75, 3.05) is 13.1 Å². The first-order chi connectivity index (χ1) is 13.7. The van der Waals surface area contributed by atoms with Gasteiger partial charge in [0.25, 0.3) is 0 Å². The van der Waals surface area contributed by atoms with E-state index in [2.05, 4.69) is 77.0 Å². The normalized spacial score (nSPS) is 11.7. The van der Waals surface area contributed by atoms with Crippen LogP contribution in [0.2, 0.25) is 0 Å². The average Bonchev–Trinajstić information content (AvgIpc) is 3.35. The Morgan fingerprint density at radius 3 is 2.72 bits per heavy atom. The second-order valence-electron chi connectivity index (χ2n) is 6.96. The highest BCUT2D eigenvalue weighted by molar-refractivity contribution is 14.0. The minimum Gasteiger partial charge on any atom is -0.361 e. The van der Waals surface area contributed by atoms with E-state index in [1.807, 2.05) is 6.07 Å². The maximum Gasteiger partial charge on any atom is 0.191 e. The highest BCUT2D eigenvalue weighted by Gasteiger charge is 2.12. The Kier molecular flexibility index (Phi) is 9.50. The lowest BCUT2D eigenvalue weighted by atomic mass is 9.99. The molecule has 0 amide bonds. The van der Waals surface area contributed by atoms with E-state index >= 15 is 0 Å². The molecule has 0 aliphatic carbocycles. The third kappa shape index (κ3) is 6.22. The summed E-state index contributed by atoms with van der Waals surface area (Å²) in [6.45, 7) is 8.53. The number of halogens is 1. The highest BCUT2D eigenvalue weighted by Crippen LogP contribution is 2.22. The zero-order valence-corrected chi connectivity index (χ0v) is 19.8. The quantitative estimate of drug-likeness (QED) is 0.216. The number of para-hydroxylation sites is 1. The molecule has 0 bridgehead atoms. The second kappa shape index (κ2) is 11.8. The van der Waals surface area contributed by atoms with E-state index in [0.29, 0.717) is 12.5 Å². The molecule has 0 atom stereocenters. The first-order valence-corrected chi connectivity index (χ1v) is 10.3. The Balaban J connectivity index is 0.00000300. The summed E-state index contributed by atoms with van der Waals surface area (Å²) in [4.78, 5) is 7.97. The standard InChI is InChI=1S/C22H31N5O.HI/c1-4-16(5-2)21-13-18(28-27-21)15-26-22(23-6-3)24-12-11-17-14-25-20-10-8-7-9-19(17)20;/h7-10,13-14,16,25H,4-6,11-12,15H2,1-3H3,(H2,23,24,26);1H. The molecule has 0 saturated carbocycles. The van der Waals surface area contributed by atoms with E-state index in [9.17, 15) is 0 Å². The van der Waals surface area contributed by atoms with Crippen molar-refractivity contribution in [1.29, 1.82) is 0 Å². The van der Waals surface area contributed by atoms with Crippen LogP contribution in [-0.2, 0) is 13.0 Å². The summed E-state index contributed by atoms with van der Waals surface area (Å²) >= 11 is 0. The van der Waals surface area contributed by atoms with E-state index in [1.165, 1.54) is 16.5 Å². The molecular weight excluding hydrogens is 477 g/mol. The lowest BCUT2D eigenvalue weighted by Crippen LogP contribution is -2.38. The maximum atomic E-state index is 5.47. The molecule has 2 heterocycles. The van der Waals surface area contributed by atoms with E-state index in [1.54, 1.807) is 0 Å². The summed E-state index contributed by atoms with van der Waals surface area (Å²) < 4.78 is 5.47. The van der Waals surface area contributed by atoms with Crippen molar-refractivity contribution in [3.05, 3.63) is 53.5 Å². The first kappa shape index (κ1) is 23.3. The zero-order chi connectivity index (χ0) is 19.8. The number of H-pyrrole nitrogens is 1. The second-order valence-corrected chi connectivity index (χ2v) is 6.96. The third-order valence-electron chi connectivity index (χ3n) is 5.08. The summed E-state index contributed by atoms with van der Waals surface area (Å²) in [6.07, 6.45) is 5.16. The first-order valence-electron chi connectivity index (χ1n) is 10.3. The van der Waals surface area contributed by atoms with Gasteiger partial charge < -0.3 is 20.1 Å². The van der Waals surface area contributed by atoms with Crippen LogP contribution in [0, 0.1) is 0 Å². The molecule has 2 aromatic heterocycles. The number of aliphatic imine (C=N–C) groups is 1. The molecule has 3 rings (SSSR count). The Morgan fingerprint density at radius 2 is 1.97 bits per heavy atom. The number of nitrogens with zero attached hydrogens (tertiary/aromatic N) is 2. The van der Waals surface area contributed by atoms with Crippen molar-refractivity contribution < 1.29 is 4.52 Å². The van der Waals surface area contributed by atoms with Crippen molar-refractivity contribution in [2.24, 2.45) is 4.99 Å². The molecule has 1 aromatic carbocycles. The van der Waals surface area contributed by atoms with Gasteiger partial charge in [0.05, 0.1) is 5.69 Å². The van der Waals surface area contributed by atoms with Crippen LogP contribution in [0.5, 0.6) is 0 Å². The van der Waals surface area contributed by atoms with Crippen LogP contribution in [0.4, 0.5) is 0 Å². The zero-order valence-electron chi connectivity index (χ0n) is 17.5. The predicted molar refractivity (Wildman–Crippen MR) is 130 cm³/mol. The van der Waals surface area contributed by atoms with E-state index in [4.69, 9.17) is 4.52 Å². The molecular formula is C22H32IN5O. The number of guanidine groups is 1. The lowest BCUT2D eigenvalue weighted by Gasteiger charge is -2.10. The molecule has 0 aliphatic rings. The van der Waals surface area contributed by atoms with Gasteiger partial charge in [-0.3, -0.25) is 0 Å². The molecule has 0 unspecified atom stereocenters. The number of benzene rings is 1. The van der Waals surface area contributed by atoms with Crippen molar-refractivity contribution in [2.45, 2.75) is 52.5 Å². The summed E-state index contributed by atoms with van der Waals surface area (Å²) in [5.41, 5.74) is 3.52. The van der Waals surface area contributed by atoms with Crippen LogP contribution >= 0.6 is 24.0 Å². The molecule has 6 nitrogen and oxygen atoms in total. The largest absolute Gasteiger partial charge is 0.361 e. The van der Waals surface area contributed by atoms with Crippen LogP contribution in [0.3, 0.4) is 0 Å². The summed E-state index contributed by atoms with van der Waals surface area (Å²) in [5.74, 6) is 2.06. The maximum absolute atomic E-state index is 5.47. The number of aromatic amines is 1. The third-order valence-corrected chi connectivity index (χ3v) is 5.08. The van der Waals surface area contributed by atoms with Gasteiger partial charge >= 0.3 is 0 Å². The van der Waals surface area contributed by atoms with Gasteiger partial charge in [0, 0.05) is 42.2 Å². The minimum absolute atomic E-state index is 0. The van der Waals surface area contributed by atoms with Gasteiger partial charge in [-0.2, -0.15) is 0 Å². The van der Waals surface area contributed by atoms with Crippen LogP contribution in [0.1, 0.15) is 56.5 Å². The van der Waals surface area contributed by atoms with Gasteiger partial charge in [-0.15, -0.1) is 24.0 Å². The number of fused-ring (bicyclic) bond motifs is 1. The van der Waals surface area contributed by atoms with Crippen LogP contribution in [0.25, 0.3) is 10.9 Å². The molecule has 0 saturated heterocycles. The van der Waals surface area contributed by atoms with Crippen LogP contribution in [0.15, 0.2) is 46.0 Å². The Hall–Kier alpha value is -2.03. The molecule has 7 heteroatoms. The van der Waals surface area contributed by atoms with E-state index in [0.717, 1.165) is 49.8 Å². The summed E-state index contributed by atoms with van der Waals surface area (Å²) in [5, 5.41) is 12.2. The van der Waals surface area contributed by atoms with Crippen LogP contribution < -0.4 is 10.6 Å². The van der Waals surface area contributed by atoms with Gasteiger partial charge in [-0.05, 0) is 37.8 Å². The minimum atomic E-state index is 0. The van der Waals surface area contributed by atoms with Crippen molar-refractivity contribution >= 4 is 40.8 Å². The summed E-state index contributed by atoms with van der Waals surface area (Å²) in [6, 6.07) is 10.4.